The number of imidazole rings is 1. The van der Waals surface area contributed by atoms with Gasteiger partial charge < -0.3 is 9.88 Å². The second-order valence-corrected chi connectivity index (χ2v) is 3.93. The Morgan fingerprint density at radius 2 is 2.18 bits per heavy atom. The van der Waals surface area contributed by atoms with Gasteiger partial charge in [0.25, 0.3) is 0 Å². The predicted molar refractivity (Wildman–Crippen MR) is 67.6 cm³/mol. The van der Waals surface area contributed by atoms with E-state index >= 15 is 0 Å². The molecule has 0 radical (unpaired) electrons. The first-order valence-electron chi connectivity index (χ1n) is 5.93. The average molecular weight is 230 g/mol. The minimum atomic E-state index is 0.212. The third-order valence-corrected chi connectivity index (χ3v) is 2.92. The van der Waals surface area contributed by atoms with Crippen molar-refractivity contribution >= 4 is 0 Å². The molecule has 4 nitrogen and oxygen atoms in total. The monoisotopic (exact) mass is 230 g/mol. The Morgan fingerprint density at radius 3 is 2.82 bits per heavy atom. The molecule has 1 unspecified atom stereocenters. The molecule has 17 heavy (non-hydrogen) atoms. The molecule has 4 heteroatoms. The van der Waals surface area contributed by atoms with Crippen molar-refractivity contribution in [1.29, 1.82) is 0 Å². The number of rotatable bonds is 5. The Hall–Kier alpha value is -1.68. The summed E-state index contributed by atoms with van der Waals surface area (Å²) in [4.78, 5) is 8.78. The molecule has 2 rings (SSSR count). The standard InChI is InChI=1S/C13H18N4/c1-3-17-9-8-16-13(17)10-12(14-2)11-6-4-5-7-15-11/h4-9,12,14H,3,10H2,1-2H3. The Bertz CT molecular complexity index is 449. The molecule has 0 saturated carbocycles. The van der Waals surface area contributed by atoms with Crippen LogP contribution in [-0.2, 0) is 13.0 Å². The SMILES string of the molecule is CCn1ccnc1CC(NC)c1ccccn1. The average Bonchev–Trinajstić information content (AvgIpc) is 2.84. The minimum Gasteiger partial charge on any atom is -0.335 e. The van der Waals surface area contributed by atoms with Crippen molar-refractivity contribution in [2.75, 3.05) is 7.05 Å². The second-order valence-electron chi connectivity index (χ2n) is 3.93. The van der Waals surface area contributed by atoms with E-state index in [2.05, 4.69) is 26.8 Å². The molecule has 1 N–H and O–H groups in total. The van der Waals surface area contributed by atoms with Gasteiger partial charge in [0.1, 0.15) is 5.82 Å². The first-order valence-corrected chi connectivity index (χ1v) is 5.93. The molecule has 2 aromatic rings. The van der Waals surface area contributed by atoms with Gasteiger partial charge in [0, 0.05) is 31.6 Å². The van der Waals surface area contributed by atoms with Crippen LogP contribution >= 0.6 is 0 Å². The summed E-state index contributed by atoms with van der Waals surface area (Å²) in [5.41, 5.74) is 1.06. The number of hydrogen-bond acceptors (Lipinski definition) is 3. The van der Waals surface area contributed by atoms with Gasteiger partial charge in [0.05, 0.1) is 11.7 Å². The smallest absolute Gasteiger partial charge is 0.110 e. The predicted octanol–water partition coefficient (Wildman–Crippen LogP) is 1.80. The first-order chi connectivity index (χ1) is 8.35. The minimum absolute atomic E-state index is 0.212. The second kappa shape index (κ2) is 5.59. The number of nitrogens with zero attached hydrogens (tertiary/aromatic N) is 3. The number of aryl methyl sites for hydroxylation is 1. The van der Waals surface area contributed by atoms with E-state index in [9.17, 15) is 0 Å². The molecular weight excluding hydrogens is 212 g/mol. The number of aromatic nitrogens is 3. The molecular formula is C13H18N4. The van der Waals surface area contributed by atoms with Gasteiger partial charge >= 0.3 is 0 Å². The normalized spacial score (nSPS) is 12.6. The molecule has 90 valence electrons. The number of nitrogens with one attached hydrogen (secondary N) is 1. The van der Waals surface area contributed by atoms with E-state index in [-0.39, 0.29) is 6.04 Å². The number of likely N-dealkylation sites (N-methyl/N-ethyl adjacent to an activating group) is 1. The Morgan fingerprint density at radius 1 is 1.29 bits per heavy atom. The summed E-state index contributed by atoms with van der Waals surface area (Å²) in [5, 5.41) is 3.29. The highest BCUT2D eigenvalue weighted by Crippen LogP contribution is 2.14. The van der Waals surface area contributed by atoms with Gasteiger partial charge in [-0.05, 0) is 26.1 Å². The molecule has 0 amide bonds. The fourth-order valence-corrected chi connectivity index (χ4v) is 1.94. The Labute approximate surface area is 102 Å². The van der Waals surface area contributed by atoms with Crippen LogP contribution in [0.1, 0.15) is 24.5 Å². The van der Waals surface area contributed by atoms with Crippen molar-refractivity contribution in [3.05, 3.63) is 48.3 Å². The molecule has 2 heterocycles. The summed E-state index contributed by atoms with van der Waals surface area (Å²) in [6.07, 6.45) is 6.55. The van der Waals surface area contributed by atoms with Gasteiger partial charge in [-0.1, -0.05) is 6.07 Å². The molecule has 0 bridgehead atoms. The van der Waals surface area contributed by atoms with E-state index < -0.39 is 0 Å². The van der Waals surface area contributed by atoms with Gasteiger partial charge in [0.2, 0.25) is 0 Å². The van der Waals surface area contributed by atoms with Crippen LogP contribution in [0.3, 0.4) is 0 Å². The molecule has 0 aliphatic heterocycles. The lowest BCUT2D eigenvalue weighted by Gasteiger charge is -2.15. The molecule has 0 spiro atoms. The summed E-state index contributed by atoms with van der Waals surface area (Å²) < 4.78 is 2.16. The van der Waals surface area contributed by atoms with Crippen molar-refractivity contribution in [2.24, 2.45) is 0 Å². The van der Waals surface area contributed by atoms with Gasteiger partial charge in [-0.3, -0.25) is 4.98 Å². The van der Waals surface area contributed by atoms with Crippen LogP contribution in [0.5, 0.6) is 0 Å². The van der Waals surface area contributed by atoms with Gasteiger partial charge in [-0.25, -0.2) is 4.98 Å². The lowest BCUT2D eigenvalue weighted by molar-refractivity contribution is 0.541. The highest BCUT2D eigenvalue weighted by atomic mass is 15.1. The zero-order valence-electron chi connectivity index (χ0n) is 10.3. The molecule has 0 saturated heterocycles. The van der Waals surface area contributed by atoms with E-state index in [0.717, 1.165) is 24.5 Å². The van der Waals surface area contributed by atoms with Crippen LogP contribution in [0.4, 0.5) is 0 Å². The van der Waals surface area contributed by atoms with Crippen LogP contribution in [-0.4, -0.2) is 21.6 Å². The van der Waals surface area contributed by atoms with Gasteiger partial charge in [-0.2, -0.15) is 0 Å². The topological polar surface area (TPSA) is 42.7 Å². The maximum absolute atomic E-state index is 4.40. The molecule has 0 aromatic carbocycles. The number of pyridine rings is 1. The van der Waals surface area contributed by atoms with Crippen molar-refractivity contribution in [1.82, 2.24) is 19.9 Å². The largest absolute Gasteiger partial charge is 0.335 e. The fourth-order valence-electron chi connectivity index (χ4n) is 1.94. The molecule has 0 aliphatic carbocycles. The third kappa shape index (κ3) is 2.71. The highest BCUT2D eigenvalue weighted by molar-refractivity contribution is 5.11. The maximum atomic E-state index is 4.40. The van der Waals surface area contributed by atoms with E-state index in [1.165, 1.54) is 0 Å². The zero-order chi connectivity index (χ0) is 12.1. The fraction of sp³-hybridized carbons (Fsp3) is 0.385. The Balaban J connectivity index is 2.16. The lowest BCUT2D eigenvalue weighted by atomic mass is 10.1. The molecule has 0 aliphatic rings. The summed E-state index contributed by atoms with van der Waals surface area (Å²) >= 11 is 0. The van der Waals surface area contributed by atoms with E-state index in [1.54, 1.807) is 0 Å². The van der Waals surface area contributed by atoms with Gasteiger partial charge in [0.15, 0.2) is 0 Å². The maximum Gasteiger partial charge on any atom is 0.110 e. The van der Waals surface area contributed by atoms with Crippen LogP contribution in [0.2, 0.25) is 0 Å². The quantitative estimate of drug-likeness (QED) is 0.851. The van der Waals surface area contributed by atoms with Crippen LogP contribution < -0.4 is 5.32 Å². The summed E-state index contributed by atoms with van der Waals surface area (Å²) in [7, 11) is 1.96. The van der Waals surface area contributed by atoms with Crippen molar-refractivity contribution in [3.8, 4) is 0 Å². The van der Waals surface area contributed by atoms with Crippen LogP contribution in [0.15, 0.2) is 36.8 Å². The van der Waals surface area contributed by atoms with Crippen LogP contribution in [0, 0.1) is 0 Å². The molecule has 1 atom stereocenters. The zero-order valence-corrected chi connectivity index (χ0v) is 10.3. The summed E-state index contributed by atoms with van der Waals surface area (Å²) in [6, 6.07) is 6.20. The highest BCUT2D eigenvalue weighted by Gasteiger charge is 2.13. The van der Waals surface area contributed by atoms with Crippen molar-refractivity contribution in [3.63, 3.8) is 0 Å². The van der Waals surface area contributed by atoms with Crippen molar-refractivity contribution in [2.45, 2.75) is 25.9 Å². The number of hydrogen-bond donors (Lipinski definition) is 1. The summed E-state index contributed by atoms with van der Waals surface area (Å²) in [5.74, 6) is 1.09. The van der Waals surface area contributed by atoms with E-state index in [0.29, 0.717) is 0 Å². The van der Waals surface area contributed by atoms with E-state index in [1.807, 2.05) is 43.8 Å². The Kier molecular flexibility index (Phi) is 3.88. The molecule has 2 aromatic heterocycles. The third-order valence-electron chi connectivity index (χ3n) is 2.92. The molecule has 0 fully saturated rings. The lowest BCUT2D eigenvalue weighted by Crippen LogP contribution is -2.21. The van der Waals surface area contributed by atoms with E-state index in [4.69, 9.17) is 0 Å². The van der Waals surface area contributed by atoms with Crippen molar-refractivity contribution < 1.29 is 0 Å². The van der Waals surface area contributed by atoms with Crippen LogP contribution in [0.25, 0.3) is 0 Å². The van der Waals surface area contributed by atoms with Gasteiger partial charge in [-0.15, -0.1) is 0 Å². The first kappa shape index (κ1) is 11.8. The summed E-state index contributed by atoms with van der Waals surface area (Å²) in [6.45, 7) is 3.08.